The van der Waals surface area contributed by atoms with Gasteiger partial charge in [-0.05, 0) is 44.7 Å². The van der Waals surface area contributed by atoms with Gasteiger partial charge in [0, 0.05) is 18.1 Å². The van der Waals surface area contributed by atoms with Crippen molar-refractivity contribution in [1.29, 1.82) is 0 Å². The molecule has 0 aromatic heterocycles. The van der Waals surface area contributed by atoms with Crippen LogP contribution in [0.5, 0.6) is 0 Å². The zero-order chi connectivity index (χ0) is 13.2. The van der Waals surface area contributed by atoms with Crippen LogP contribution in [0, 0.1) is 5.41 Å². The lowest BCUT2D eigenvalue weighted by molar-refractivity contribution is -0.125. The van der Waals surface area contributed by atoms with Crippen molar-refractivity contribution in [1.82, 2.24) is 0 Å². The number of carbonyl (C=O) groups excluding carboxylic acids is 1. The minimum absolute atomic E-state index is 0.131. The summed E-state index contributed by atoms with van der Waals surface area (Å²) in [5.41, 5.74) is 1.84. The van der Waals surface area contributed by atoms with Crippen LogP contribution in [-0.4, -0.2) is 18.3 Å². The Kier molecular flexibility index (Phi) is 3.96. The van der Waals surface area contributed by atoms with Crippen molar-refractivity contribution in [2.75, 3.05) is 17.3 Å². The average molecular weight is 266 g/mol. The first-order chi connectivity index (χ1) is 8.56. The van der Waals surface area contributed by atoms with Crippen LogP contribution in [0.1, 0.15) is 32.3 Å². The molecular weight excluding hydrogens is 246 g/mol. The van der Waals surface area contributed by atoms with Gasteiger partial charge in [0.1, 0.15) is 0 Å². The maximum Gasteiger partial charge on any atom is 0.233 e. The Morgan fingerprint density at radius 1 is 1.33 bits per heavy atom. The van der Waals surface area contributed by atoms with Gasteiger partial charge in [-0.25, -0.2) is 0 Å². The van der Waals surface area contributed by atoms with Crippen LogP contribution in [0.4, 0.5) is 5.69 Å². The summed E-state index contributed by atoms with van der Waals surface area (Å²) in [6.07, 6.45) is 3.25. The zero-order valence-electron chi connectivity index (χ0n) is 11.1. The highest BCUT2D eigenvalue weighted by Crippen LogP contribution is 2.30. The summed E-state index contributed by atoms with van der Waals surface area (Å²) in [5.74, 6) is 0.483. The fourth-order valence-corrected chi connectivity index (χ4v) is 2.44. The highest BCUT2D eigenvalue weighted by molar-refractivity contribution is 6.20. The van der Waals surface area contributed by atoms with Crippen molar-refractivity contribution < 1.29 is 4.79 Å². The molecule has 1 aromatic carbocycles. The summed E-state index contributed by atoms with van der Waals surface area (Å²) in [5, 5.41) is 0. The van der Waals surface area contributed by atoms with Gasteiger partial charge in [-0.1, -0.05) is 18.2 Å². The molecule has 2 rings (SSSR count). The third-order valence-electron chi connectivity index (χ3n) is 3.52. The van der Waals surface area contributed by atoms with E-state index in [2.05, 4.69) is 6.07 Å². The molecule has 0 spiro atoms. The summed E-state index contributed by atoms with van der Waals surface area (Å²) >= 11 is 5.93. The Bertz CT molecular complexity index is 442. The van der Waals surface area contributed by atoms with Crippen LogP contribution < -0.4 is 4.90 Å². The number of alkyl halides is 1. The highest BCUT2D eigenvalue weighted by Gasteiger charge is 2.33. The Morgan fingerprint density at radius 2 is 2.06 bits per heavy atom. The highest BCUT2D eigenvalue weighted by atomic mass is 35.5. The van der Waals surface area contributed by atoms with Gasteiger partial charge in [-0.2, -0.15) is 0 Å². The summed E-state index contributed by atoms with van der Waals surface area (Å²) in [6, 6.07) is 8.20. The number of amides is 1. The third kappa shape index (κ3) is 2.54. The smallest absolute Gasteiger partial charge is 0.233 e. The summed E-state index contributed by atoms with van der Waals surface area (Å²) in [6.45, 7) is 4.63. The zero-order valence-corrected chi connectivity index (χ0v) is 11.8. The number of fused-ring (bicyclic) bond motifs is 1. The number of nitrogens with zero attached hydrogens (tertiary/aromatic N) is 1. The molecule has 0 radical (unpaired) electrons. The van der Waals surface area contributed by atoms with E-state index in [4.69, 9.17) is 11.6 Å². The number of carbonyl (C=O) groups is 1. The molecule has 0 unspecified atom stereocenters. The van der Waals surface area contributed by atoms with Crippen molar-refractivity contribution in [3.8, 4) is 0 Å². The number of hydrogen-bond acceptors (Lipinski definition) is 1. The Hall–Kier alpha value is -1.02. The van der Waals surface area contributed by atoms with Gasteiger partial charge in [-0.15, -0.1) is 11.6 Å². The van der Waals surface area contributed by atoms with E-state index in [0.717, 1.165) is 31.5 Å². The molecule has 1 aliphatic rings. The van der Waals surface area contributed by atoms with Crippen molar-refractivity contribution in [2.45, 2.75) is 33.1 Å². The minimum Gasteiger partial charge on any atom is -0.312 e. The standard InChI is InChI=1S/C15H20ClNO/c1-15(2,11-16)14(18)17-10-6-5-8-12-7-3-4-9-13(12)17/h3-4,7,9H,5-6,8,10-11H2,1-2H3. The third-order valence-corrected chi connectivity index (χ3v) is 4.19. The molecule has 1 aliphatic heterocycles. The van der Waals surface area contributed by atoms with E-state index >= 15 is 0 Å². The molecule has 1 amide bonds. The van der Waals surface area contributed by atoms with E-state index < -0.39 is 5.41 Å². The first-order valence-corrected chi connectivity index (χ1v) is 7.05. The predicted molar refractivity (Wildman–Crippen MR) is 76.2 cm³/mol. The van der Waals surface area contributed by atoms with Crippen LogP contribution in [0.25, 0.3) is 0 Å². The summed E-state index contributed by atoms with van der Waals surface area (Å²) < 4.78 is 0. The molecular formula is C15H20ClNO. The van der Waals surface area contributed by atoms with Crippen molar-refractivity contribution in [3.63, 3.8) is 0 Å². The molecule has 0 aliphatic carbocycles. The van der Waals surface area contributed by atoms with Crippen LogP contribution in [0.3, 0.4) is 0 Å². The van der Waals surface area contributed by atoms with Crippen LogP contribution in [-0.2, 0) is 11.2 Å². The molecule has 0 saturated heterocycles. The second-order valence-corrected chi connectivity index (χ2v) is 5.83. The largest absolute Gasteiger partial charge is 0.312 e. The second kappa shape index (κ2) is 5.31. The van der Waals surface area contributed by atoms with Crippen LogP contribution in [0.15, 0.2) is 24.3 Å². The Labute approximate surface area is 114 Å². The van der Waals surface area contributed by atoms with Gasteiger partial charge in [0.15, 0.2) is 0 Å². The van der Waals surface area contributed by atoms with Gasteiger partial charge in [0.25, 0.3) is 0 Å². The molecule has 0 bridgehead atoms. The van der Waals surface area contributed by atoms with Gasteiger partial charge in [0.05, 0.1) is 5.41 Å². The number of hydrogen-bond donors (Lipinski definition) is 0. The average Bonchev–Trinajstić information content (AvgIpc) is 2.60. The fraction of sp³-hybridized carbons (Fsp3) is 0.533. The lowest BCUT2D eigenvalue weighted by atomic mass is 9.93. The maximum absolute atomic E-state index is 12.6. The molecule has 0 atom stereocenters. The van der Waals surface area contributed by atoms with Gasteiger partial charge in [-0.3, -0.25) is 4.79 Å². The Balaban J connectivity index is 2.36. The van der Waals surface area contributed by atoms with Gasteiger partial charge < -0.3 is 4.90 Å². The van der Waals surface area contributed by atoms with E-state index in [0.29, 0.717) is 5.88 Å². The summed E-state index contributed by atoms with van der Waals surface area (Å²) in [4.78, 5) is 14.5. The maximum atomic E-state index is 12.6. The molecule has 0 saturated carbocycles. The molecule has 1 aromatic rings. The fourth-order valence-electron chi connectivity index (χ4n) is 2.32. The molecule has 2 nitrogen and oxygen atoms in total. The van der Waals surface area contributed by atoms with Crippen molar-refractivity contribution in [2.24, 2.45) is 5.41 Å². The molecule has 98 valence electrons. The number of halogens is 1. The van der Waals surface area contributed by atoms with E-state index in [1.165, 1.54) is 5.56 Å². The van der Waals surface area contributed by atoms with Crippen molar-refractivity contribution in [3.05, 3.63) is 29.8 Å². The van der Waals surface area contributed by atoms with Gasteiger partial charge >= 0.3 is 0 Å². The molecule has 3 heteroatoms. The number of rotatable bonds is 2. The van der Waals surface area contributed by atoms with Crippen molar-refractivity contribution >= 4 is 23.2 Å². The molecule has 1 heterocycles. The number of para-hydroxylation sites is 1. The predicted octanol–water partition coefficient (Wildman–Crippen LogP) is 3.62. The molecule has 18 heavy (non-hydrogen) atoms. The van der Waals surface area contributed by atoms with Gasteiger partial charge in [0.2, 0.25) is 5.91 Å². The topological polar surface area (TPSA) is 20.3 Å². The second-order valence-electron chi connectivity index (χ2n) is 5.56. The minimum atomic E-state index is -0.501. The number of aryl methyl sites for hydroxylation is 1. The Morgan fingerprint density at radius 3 is 2.78 bits per heavy atom. The lowest BCUT2D eigenvalue weighted by Gasteiger charge is -2.30. The number of benzene rings is 1. The first-order valence-electron chi connectivity index (χ1n) is 6.52. The SMILES string of the molecule is CC(C)(CCl)C(=O)N1CCCCc2ccccc21. The lowest BCUT2D eigenvalue weighted by Crippen LogP contribution is -2.42. The number of anilines is 1. The summed E-state index contributed by atoms with van der Waals surface area (Å²) in [7, 11) is 0. The quantitative estimate of drug-likeness (QED) is 0.748. The van der Waals surface area contributed by atoms with E-state index in [-0.39, 0.29) is 5.91 Å². The normalized spacial score (nSPS) is 16.1. The van der Waals surface area contributed by atoms with E-state index in [1.807, 2.05) is 36.9 Å². The van der Waals surface area contributed by atoms with Crippen LogP contribution in [0.2, 0.25) is 0 Å². The molecule has 0 N–H and O–H groups in total. The first kappa shape index (κ1) is 13.4. The van der Waals surface area contributed by atoms with E-state index in [9.17, 15) is 4.79 Å². The monoisotopic (exact) mass is 265 g/mol. The molecule has 0 fully saturated rings. The van der Waals surface area contributed by atoms with Crippen LogP contribution >= 0.6 is 11.6 Å². The van der Waals surface area contributed by atoms with E-state index in [1.54, 1.807) is 0 Å².